The summed E-state index contributed by atoms with van der Waals surface area (Å²) in [6.07, 6.45) is 3.38. The Morgan fingerprint density at radius 2 is 1.83 bits per heavy atom. The van der Waals surface area contributed by atoms with Gasteiger partial charge in [0.25, 0.3) is 0 Å². The molecule has 1 aliphatic carbocycles. The van der Waals surface area contributed by atoms with Crippen LogP contribution in [0.1, 0.15) is 25.0 Å². The fourth-order valence-electron chi connectivity index (χ4n) is 1.73. The highest BCUT2D eigenvalue weighted by Crippen LogP contribution is 2.19. The van der Waals surface area contributed by atoms with Gasteiger partial charge in [-0.15, -0.1) is 0 Å². The molecule has 0 aromatic heterocycles. The van der Waals surface area contributed by atoms with Gasteiger partial charge in [-0.1, -0.05) is 31.7 Å². The van der Waals surface area contributed by atoms with Crippen LogP contribution in [0.25, 0.3) is 0 Å². The summed E-state index contributed by atoms with van der Waals surface area (Å²) in [6, 6.07) is 8.99. The van der Waals surface area contributed by atoms with Gasteiger partial charge in [0.15, 0.2) is 0 Å². The maximum absolute atomic E-state index is 5.85. The zero-order valence-corrected chi connectivity index (χ0v) is 6.59. The molecule has 1 nitrogen and oxygen atoms in total. The van der Waals surface area contributed by atoms with Crippen LogP contribution >= 0.6 is 0 Å². The predicted octanol–water partition coefficient (Wildman–Crippen LogP) is 2.14. The molecule has 0 radical (unpaired) electrons. The molecule has 0 saturated carbocycles. The summed E-state index contributed by atoms with van der Waals surface area (Å²) in [4.78, 5) is 0. The molecule has 2 rings (SSSR count). The van der Waals surface area contributed by atoms with Crippen molar-refractivity contribution in [3.8, 4) is 0 Å². The smallest absolute Gasteiger partial charge is 0.00825 e. The maximum Gasteiger partial charge on any atom is 0.00825 e. The molecule has 1 aliphatic rings. The van der Waals surface area contributed by atoms with E-state index in [1.54, 1.807) is 0 Å². The quantitative estimate of drug-likeness (QED) is 0.623. The first-order chi connectivity index (χ1) is 5.36. The summed E-state index contributed by atoms with van der Waals surface area (Å²) in [5.74, 6) is 0. The minimum absolute atomic E-state index is 0. The van der Waals surface area contributed by atoms with Gasteiger partial charge < -0.3 is 5.73 Å². The lowest BCUT2D eigenvalue weighted by Crippen LogP contribution is -2.27. The van der Waals surface area contributed by atoms with Crippen LogP contribution in [0.4, 0.5) is 0 Å². The van der Waals surface area contributed by atoms with Gasteiger partial charge in [0.2, 0.25) is 0 Å². The Hall–Kier alpha value is -0.820. The molecule has 0 bridgehead atoms. The van der Waals surface area contributed by atoms with E-state index in [-0.39, 0.29) is 7.43 Å². The van der Waals surface area contributed by atoms with Crippen LogP contribution in [0.3, 0.4) is 0 Å². The minimum Gasteiger partial charge on any atom is -0.327 e. The molecule has 0 spiro atoms. The zero-order valence-electron chi connectivity index (χ0n) is 6.59. The largest absolute Gasteiger partial charge is 0.327 e. The lowest BCUT2D eigenvalue weighted by Gasteiger charge is -2.20. The number of fused-ring (bicyclic) bond motifs is 1. The number of aryl methyl sites for hydroxylation is 1. The van der Waals surface area contributed by atoms with Crippen molar-refractivity contribution in [3.63, 3.8) is 0 Å². The monoisotopic (exact) mass is 163 g/mol. The Morgan fingerprint density at radius 1 is 1.17 bits per heavy atom. The number of hydrogen-bond donors (Lipinski definition) is 1. The first-order valence-electron chi connectivity index (χ1n) is 4.18. The second-order valence-electron chi connectivity index (χ2n) is 3.27. The Kier molecular flexibility index (Phi) is 2.88. The summed E-state index contributed by atoms with van der Waals surface area (Å²) in [6.45, 7) is 0. The van der Waals surface area contributed by atoms with E-state index >= 15 is 0 Å². The van der Waals surface area contributed by atoms with Crippen LogP contribution in [0.2, 0.25) is 0 Å². The van der Waals surface area contributed by atoms with E-state index in [1.807, 2.05) is 0 Å². The van der Waals surface area contributed by atoms with E-state index in [0.29, 0.717) is 6.04 Å². The summed E-state index contributed by atoms with van der Waals surface area (Å²) >= 11 is 0. The van der Waals surface area contributed by atoms with Crippen LogP contribution in [0.5, 0.6) is 0 Å². The molecule has 0 fully saturated rings. The zero-order chi connectivity index (χ0) is 7.68. The summed E-state index contributed by atoms with van der Waals surface area (Å²) in [5.41, 5.74) is 8.79. The van der Waals surface area contributed by atoms with E-state index < -0.39 is 0 Å². The van der Waals surface area contributed by atoms with Crippen molar-refractivity contribution < 1.29 is 0 Å². The van der Waals surface area contributed by atoms with E-state index in [1.165, 1.54) is 11.1 Å². The summed E-state index contributed by atoms with van der Waals surface area (Å²) in [5, 5.41) is 0. The number of benzene rings is 1. The van der Waals surface area contributed by atoms with Crippen molar-refractivity contribution in [1.82, 2.24) is 0 Å². The maximum atomic E-state index is 5.85. The molecule has 66 valence electrons. The third kappa shape index (κ3) is 1.67. The average Bonchev–Trinajstić information content (AvgIpc) is 2.04. The second-order valence-corrected chi connectivity index (χ2v) is 3.27. The highest BCUT2D eigenvalue weighted by molar-refractivity contribution is 5.30. The molecule has 0 aliphatic heterocycles. The third-order valence-corrected chi connectivity index (χ3v) is 2.38. The normalized spacial score (nSPS) is 20.9. The lowest BCUT2D eigenvalue weighted by molar-refractivity contribution is 0.576. The van der Waals surface area contributed by atoms with Gasteiger partial charge in [0.05, 0.1) is 0 Å². The van der Waals surface area contributed by atoms with E-state index in [4.69, 9.17) is 5.73 Å². The molecule has 2 N–H and O–H groups in total. The van der Waals surface area contributed by atoms with Crippen molar-refractivity contribution in [3.05, 3.63) is 35.4 Å². The van der Waals surface area contributed by atoms with Crippen molar-refractivity contribution >= 4 is 0 Å². The molecule has 0 heterocycles. The minimum atomic E-state index is 0. The van der Waals surface area contributed by atoms with Crippen LogP contribution in [0, 0.1) is 0 Å². The molecule has 1 aromatic rings. The van der Waals surface area contributed by atoms with Gasteiger partial charge in [-0.2, -0.15) is 0 Å². The third-order valence-electron chi connectivity index (χ3n) is 2.38. The molecule has 1 heteroatoms. The number of rotatable bonds is 0. The van der Waals surface area contributed by atoms with Crippen molar-refractivity contribution in [2.24, 2.45) is 5.73 Å². The lowest BCUT2D eigenvalue weighted by atomic mass is 9.89. The van der Waals surface area contributed by atoms with E-state index in [2.05, 4.69) is 24.3 Å². The Balaban J connectivity index is 0.000000720. The van der Waals surface area contributed by atoms with Gasteiger partial charge in [0, 0.05) is 6.04 Å². The molecule has 1 unspecified atom stereocenters. The Morgan fingerprint density at radius 3 is 2.58 bits per heavy atom. The van der Waals surface area contributed by atoms with Gasteiger partial charge in [-0.25, -0.2) is 0 Å². The van der Waals surface area contributed by atoms with E-state index in [0.717, 1.165) is 19.3 Å². The molecule has 0 saturated heterocycles. The van der Waals surface area contributed by atoms with Gasteiger partial charge in [0.1, 0.15) is 0 Å². The molecule has 1 atom stereocenters. The Labute approximate surface area is 74.6 Å². The van der Waals surface area contributed by atoms with Crippen molar-refractivity contribution in [2.45, 2.75) is 32.7 Å². The average molecular weight is 163 g/mol. The molecular weight excluding hydrogens is 146 g/mol. The highest BCUT2D eigenvalue weighted by Gasteiger charge is 2.13. The van der Waals surface area contributed by atoms with Crippen LogP contribution < -0.4 is 5.73 Å². The van der Waals surface area contributed by atoms with Crippen LogP contribution in [-0.4, -0.2) is 6.04 Å². The molecule has 12 heavy (non-hydrogen) atoms. The molecule has 0 amide bonds. The van der Waals surface area contributed by atoms with Crippen molar-refractivity contribution in [2.75, 3.05) is 0 Å². The van der Waals surface area contributed by atoms with Gasteiger partial charge in [-0.3, -0.25) is 0 Å². The number of hydrogen-bond acceptors (Lipinski definition) is 1. The predicted molar refractivity (Wildman–Crippen MR) is 53.2 cm³/mol. The highest BCUT2D eigenvalue weighted by atomic mass is 14.6. The topological polar surface area (TPSA) is 26.0 Å². The van der Waals surface area contributed by atoms with Crippen molar-refractivity contribution in [1.29, 1.82) is 0 Å². The molecular formula is C11H17N. The summed E-state index contributed by atoms with van der Waals surface area (Å²) < 4.78 is 0. The van der Waals surface area contributed by atoms with Gasteiger partial charge in [-0.05, 0) is 30.4 Å². The summed E-state index contributed by atoms with van der Waals surface area (Å²) in [7, 11) is 0. The number of nitrogens with two attached hydrogens (primary N) is 1. The SMILES string of the molecule is C.NC1CCc2ccccc2C1. The van der Waals surface area contributed by atoms with Crippen LogP contribution in [0.15, 0.2) is 24.3 Å². The second kappa shape index (κ2) is 3.72. The van der Waals surface area contributed by atoms with Gasteiger partial charge >= 0.3 is 0 Å². The standard InChI is InChI=1S/C10H13N.CH4/c11-10-6-5-8-3-1-2-4-9(8)7-10;/h1-4,10H,5-7,11H2;1H4. The fourth-order valence-corrected chi connectivity index (χ4v) is 1.73. The molecule has 1 aromatic carbocycles. The fraction of sp³-hybridized carbons (Fsp3) is 0.455. The first kappa shape index (κ1) is 9.27. The Bertz CT molecular complexity index is 255. The van der Waals surface area contributed by atoms with Crippen LogP contribution in [-0.2, 0) is 12.8 Å². The first-order valence-corrected chi connectivity index (χ1v) is 4.18. The van der Waals surface area contributed by atoms with E-state index in [9.17, 15) is 0 Å².